The van der Waals surface area contributed by atoms with E-state index in [0.717, 1.165) is 11.1 Å². The number of hydrogen-bond acceptors (Lipinski definition) is 4. The minimum Gasteiger partial charge on any atom is -0.214 e. The van der Waals surface area contributed by atoms with Crippen LogP contribution in [-0.2, 0) is 25.8 Å². The number of rotatable bonds is 4. The van der Waals surface area contributed by atoms with Crippen LogP contribution in [0.2, 0.25) is 0 Å². The largest absolute Gasteiger partial charge is 0.323 e. The molecule has 18 heavy (non-hydrogen) atoms. The molecule has 0 saturated heterocycles. The molecule has 0 unspecified atom stereocenters. The predicted octanol–water partition coefficient (Wildman–Crippen LogP) is 2.99. The molecule has 0 bridgehead atoms. The summed E-state index contributed by atoms with van der Waals surface area (Å²) < 4.78 is 28.7. The fraction of sp³-hybridized carbons (Fsp3) is 0.538. The molecule has 102 valence electrons. The van der Waals surface area contributed by atoms with Crippen molar-refractivity contribution in [2.75, 3.05) is 0 Å². The Bertz CT molecular complexity index is 512. The van der Waals surface area contributed by atoms with E-state index in [0.29, 0.717) is 6.42 Å². The molecule has 4 nitrogen and oxygen atoms in total. The van der Waals surface area contributed by atoms with Crippen molar-refractivity contribution in [3.05, 3.63) is 29.3 Å². The Morgan fingerprint density at radius 1 is 1.22 bits per heavy atom. The van der Waals surface area contributed by atoms with Crippen molar-refractivity contribution in [3.8, 4) is 0 Å². The Morgan fingerprint density at radius 3 is 2.33 bits per heavy atom. The summed E-state index contributed by atoms with van der Waals surface area (Å²) in [4.78, 5) is 5.06. The van der Waals surface area contributed by atoms with E-state index in [4.69, 9.17) is 4.89 Å². The van der Waals surface area contributed by atoms with Gasteiger partial charge in [-0.15, -0.1) is 4.33 Å². The zero-order valence-electron chi connectivity index (χ0n) is 11.5. The Balaban J connectivity index is 3.05. The van der Waals surface area contributed by atoms with Gasteiger partial charge in [0.15, 0.2) is 0 Å². The summed E-state index contributed by atoms with van der Waals surface area (Å²) in [6.07, 6.45) is 0.620. The summed E-state index contributed by atoms with van der Waals surface area (Å²) in [6.45, 7) is 8.98. The van der Waals surface area contributed by atoms with Gasteiger partial charge in [0, 0.05) is 0 Å². The summed E-state index contributed by atoms with van der Waals surface area (Å²) in [7, 11) is -3.88. The van der Waals surface area contributed by atoms with E-state index >= 15 is 0 Å². The first kappa shape index (κ1) is 15.1. The molecule has 0 radical (unpaired) electrons. The lowest BCUT2D eigenvalue weighted by atomic mass is 10.1. The SMILES string of the molecule is CCc1cc(C)ccc1S(=O)(=O)OOC(C)(C)C. The van der Waals surface area contributed by atoms with Crippen LogP contribution in [0, 0.1) is 6.92 Å². The van der Waals surface area contributed by atoms with Crippen molar-refractivity contribution in [2.24, 2.45) is 0 Å². The summed E-state index contributed by atoms with van der Waals surface area (Å²) in [6, 6.07) is 5.13. The van der Waals surface area contributed by atoms with Gasteiger partial charge in [0.1, 0.15) is 0 Å². The number of benzene rings is 1. The molecule has 0 aliphatic rings. The van der Waals surface area contributed by atoms with Crippen LogP contribution in [0.25, 0.3) is 0 Å². The first-order valence-electron chi connectivity index (χ1n) is 5.87. The molecule has 0 atom stereocenters. The second-order valence-corrected chi connectivity index (χ2v) is 6.67. The smallest absolute Gasteiger partial charge is 0.214 e. The maximum atomic E-state index is 12.0. The maximum Gasteiger partial charge on any atom is 0.323 e. The first-order valence-corrected chi connectivity index (χ1v) is 7.28. The molecule has 1 rings (SSSR count). The minimum absolute atomic E-state index is 0.167. The molecular weight excluding hydrogens is 252 g/mol. The molecule has 1 aromatic rings. The molecule has 1 aromatic carbocycles. The zero-order valence-corrected chi connectivity index (χ0v) is 12.3. The first-order chi connectivity index (χ1) is 8.15. The van der Waals surface area contributed by atoms with Gasteiger partial charge < -0.3 is 0 Å². The average Bonchev–Trinajstić information content (AvgIpc) is 2.25. The molecule has 0 saturated carbocycles. The minimum atomic E-state index is -3.88. The van der Waals surface area contributed by atoms with E-state index in [1.807, 2.05) is 19.9 Å². The van der Waals surface area contributed by atoms with E-state index in [1.54, 1.807) is 32.9 Å². The fourth-order valence-corrected chi connectivity index (χ4v) is 2.54. The van der Waals surface area contributed by atoms with E-state index in [-0.39, 0.29) is 4.90 Å². The second kappa shape index (κ2) is 5.38. The molecule has 0 aromatic heterocycles. The van der Waals surface area contributed by atoms with Crippen LogP contribution < -0.4 is 0 Å². The van der Waals surface area contributed by atoms with E-state index < -0.39 is 15.7 Å². The highest BCUT2D eigenvalue weighted by molar-refractivity contribution is 7.86. The molecule has 0 aliphatic carbocycles. The summed E-state index contributed by atoms with van der Waals surface area (Å²) in [5, 5.41) is 0. The Labute approximate surface area is 109 Å². The van der Waals surface area contributed by atoms with Crippen molar-refractivity contribution in [1.29, 1.82) is 0 Å². The van der Waals surface area contributed by atoms with Crippen LogP contribution in [0.1, 0.15) is 38.8 Å². The van der Waals surface area contributed by atoms with Gasteiger partial charge >= 0.3 is 10.1 Å². The molecule has 0 amide bonds. The van der Waals surface area contributed by atoms with E-state index in [9.17, 15) is 8.42 Å². The summed E-state index contributed by atoms with van der Waals surface area (Å²) >= 11 is 0. The predicted molar refractivity (Wildman–Crippen MR) is 69.7 cm³/mol. The average molecular weight is 272 g/mol. The standard InChI is InChI=1S/C13H20O4S/c1-6-11-9-10(2)7-8-12(11)18(14,15)17-16-13(3,4)5/h7-9H,6H2,1-5H3. The quantitative estimate of drug-likeness (QED) is 0.624. The highest BCUT2D eigenvalue weighted by Crippen LogP contribution is 2.22. The normalized spacial score (nSPS) is 12.7. The van der Waals surface area contributed by atoms with E-state index in [1.165, 1.54) is 0 Å². The van der Waals surface area contributed by atoms with Gasteiger partial charge in [0.25, 0.3) is 0 Å². The topological polar surface area (TPSA) is 52.6 Å². The fourth-order valence-electron chi connectivity index (χ4n) is 1.41. The zero-order chi connectivity index (χ0) is 14.0. The monoisotopic (exact) mass is 272 g/mol. The molecular formula is C13H20O4S. The van der Waals surface area contributed by atoms with Gasteiger partial charge in [0.05, 0.1) is 10.5 Å². The van der Waals surface area contributed by atoms with Gasteiger partial charge in [-0.25, -0.2) is 4.89 Å². The molecule has 0 fully saturated rings. The van der Waals surface area contributed by atoms with Crippen LogP contribution in [0.3, 0.4) is 0 Å². The Kier molecular flexibility index (Phi) is 4.53. The highest BCUT2D eigenvalue weighted by atomic mass is 32.2. The Morgan fingerprint density at radius 2 is 1.83 bits per heavy atom. The van der Waals surface area contributed by atoms with E-state index in [2.05, 4.69) is 4.33 Å². The molecule has 0 N–H and O–H groups in total. The molecule has 0 heterocycles. The third kappa shape index (κ3) is 4.08. The van der Waals surface area contributed by atoms with Crippen LogP contribution in [0.5, 0.6) is 0 Å². The second-order valence-electron chi connectivity index (χ2n) is 5.18. The van der Waals surface area contributed by atoms with Crippen LogP contribution in [0.4, 0.5) is 0 Å². The summed E-state index contributed by atoms with van der Waals surface area (Å²) in [5.41, 5.74) is 1.07. The highest BCUT2D eigenvalue weighted by Gasteiger charge is 2.23. The van der Waals surface area contributed by atoms with Gasteiger partial charge in [0.2, 0.25) is 0 Å². The molecule has 0 spiro atoms. The van der Waals surface area contributed by atoms with Crippen molar-refractivity contribution >= 4 is 10.1 Å². The lowest BCUT2D eigenvalue weighted by Crippen LogP contribution is -2.22. The van der Waals surface area contributed by atoms with Crippen molar-refractivity contribution in [1.82, 2.24) is 0 Å². The summed E-state index contributed by atoms with van der Waals surface area (Å²) in [5.74, 6) is 0. The molecule has 5 heteroatoms. The third-order valence-corrected chi connectivity index (χ3v) is 3.42. The van der Waals surface area contributed by atoms with Crippen LogP contribution in [-0.4, -0.2) is 14.0 Å². The number of hydrogen-bond donors (Lipinski definition) is 0. The van der Waals surface area contributed by atoms with Gasteiger partial charge in [-0.1, -0.05) is 24.6 Å². The van der Waals surface area contributed by atoms with Crippen molar-refractivity contribution in [3.63, 3.8) is 0 Å². The Hall–Kier alpha value is -0.910. The lowest BCUT2D eigenvalue weighted by molar-refractivity contribution is -0.270. The van der Waals surface area contributed by atoms with Crippen molar-refractivity contribution in [2.45, 2.75) is 51.5 Å². The van der Waals surface area contributed by atoms with Crippen LogP contribution >= 0.6 is 0 Å². The number of aryl methyl sites for hydroxylation is 2. The lowest BCUT2D eigenvalue weighted by Gasteiger charge is -2.17. The van der Waals surface area contributed by atoms with Gasteiger partial charge in [-0.3, -0.25) is 0 Å². The van der Waals surface area contributed by atoms with Crippen molar-refractivity contribution < 1.29 is 17.6 Å². The third-order valence-electron chi connectivity index (χ3n) is 2.24. The molecule has 0 aliphatic heterocycles. The maximum absolute atomic E-state index is 12.0. The van der Waals surface area contributed by atoms with Crippen LogP contribution in [0.15, 0.2) is 23.1 Å². The van der Waals surface area contributed by atoms with Gasteiger partial charge in [-0.2, -0.15) is 8.42 Å². The van der Waals surface area contributed by atoms with Gasteiger partial charge in [-0.05, 0) is 45.7 Å².